The molecule has 0 rings (SSSR count). The minimum Gasteiger partial charge on any atom is -0.309 e. The summed E-state index contributed by atoms with van der Waals surface area (Å²) in [6, 6.07) is 0. The van der Waals surface area contributed by atoms with Crippen LogP contribution in [0.5, 0.6) is 0 Å². The van der Waals surface area contributed by atoms with E-state index in [1.807, 2.05) is 0 Å². The molecule has 0 amide bonds. The second-order valence-electron chi connectivity index (χ2n) is 3.77. The Balaban J connectivity index is 3.84. The Morgan fingerprint density at radius 1 is 1.06 bits per heavy atom. The topological polar surface area (TPSA) is 61.8 Å². The third-order valence-electron chi connectivity index (χ3n) is 2.16. The van der Waals surface area contributed by atoms with Crippen molar-refractivity contribution < 1.29 is 22.7 Å². The monoisotopic (exact) mass is 299 g/mol. The number of hydrogen-bond donors (Lipinski definition) is 0. The third kappa shape index (κ3) is 9.18. The van der Waals surface area contributed by atoms with Gasteiger partial charge in [-0.3, -0.25) is 4.57 Å². The van der Waals surface area contributed by atoms with E-state index in [-0.39, 0.29) is 0 Å². The Bertz CT molecular complexity index is 260. The molecule has 0 fully saturated rings. The molecule has 0 heterocycles. The highest BCUT2D eigenvalue weighted by atomic mass is 31.2. The van der Waals surface area contributed by atoms with E-state index < -0.39 is 15.6 Å². The first-order valence-electron chi connectivity index (χ1n) is 6.53. The van der Waals surface area contributed by atoms with Crippen molar-refractivity contribution in [3.8, 4) is 0 Å². The molecule has 0 aromatic rings. The molecule has 0 aliphatic carbocycles. The standard InChI is InChI=1S/C11H25O5P2/c1-4-7-9-14-17(12)10-8-11-18(13,15-5-2)16-6-3/h4-11H2,1-3H3/q+1. The highest BCUT2D eigenvalue weighted by Crippen LogP contribution is 2.49. The first-order chi connectivity index (χ1) is 8.58. The van der Waals surface area contributed by atoms with Crippen LogP contribution in [0.4, 0.5) is 0 Å². The van der Waals surface area contributed by atoms with Crippen molar-refractivity contribution in [3.63, 3.8) is 0 Å². The van der Waals surface area contributed by atoms with Gasteiger partial charge in [0.05, 0.1) is 19.4 Å². The van der Waals surface area contributed by atoms with Crippen molar-refractivity contribution in [3.05, 3.63) is 0 Å². The number of rotatable bonds is 12. The fourth-order valence-electron chi connectivity index (χ4n) is 1.33. The van der Waals surface area contributed by atoms with Gasteiger partial charge >= 0.3 is 15.6 Å². The smallest absolute Gasteiger partial charge is 0.309 e. The van der Waals surface area contributed by atoms with Gasteiger partial charge in [0, 0.05) is 6.42 Å². The Labute approximate surface area is 111 Å². The summed E-state index contributed by atoms with van der Waals surface area (Å²) in [6.45, 7) is 6.85. The quantitative estimate of drug-likeness (QED) is 0.399. The van der Waals surface area contributed by atoms with Crippen LogP contribution in [0.3, 0.4) is 0 Å². The van der Waals surface area contributed by atoms with Crippen LogP contribution in [-0.2, 0) is 22.7 Å². The van der Waals surface area contributed by atoms with E-state index in [0.717, 1.165) is 12.8 Å². The Kier molecular flexibility index (Phi) is 11.2. The molecule has 108 valence electrons. The molecule has 18 heavy (non-hydrogen) atoms. The van der Waals surface area contributed by atoms with Gasteiger partial charge in [-0.2, -0.15) is 0 Å². The second kappa shape index (κ2) is 11.1. The fraction of sp³-hybridized carbons (Fsp3) is 1.00. The molecule has 1 atom stereocenters. The molecule has 0 aliphatic heterocycles. The summed E-state index contributed by atoms with van der Waals surface area (Å²) in [5.41, 5.74) is 0. The van der Waals surface area contributed by atoms with E-state index >= 15 is 0 Å². The predicted molar refractivity (Wildman–Crippen MR) is 73.7 cm³/mol. The van der Waals surface area contributed by atoms with Gasteiger partial charge in [-0.25, -0.2) is 0 Å². The van der Waals surface area contributed by atoms with Crippen LogP contribution in [0.2, 0.25) is 0 Å². The molecular formula is C11H25O5P2+. The Morgan fingerprint density at radius 2 is 1.67 bits per heavy atom. The highest BCUT2D eigenvalue weighted by molar-refractivity contribution is 7.53. The lowest BCUT2D eigenvalue weighted by Crippen LogP contribution is -2.01. The van der Waals surface area contributed by atoms with Crippen LogP contribution >= 0.6 is 15.6 Å². The van der Waals surface area contributed by atoms with Crippen LogP contribution in [0.1, 0.15) is 40.0 Å². The summed E-state index contributed by atoms with van der Waals surface area (Å²) in [6.07, 6.45) is 3.17. The summed E-state index contributed by atoms with van der Waals surface area (Å²) in [4.78, 5) is 0. The Morgan fingerprint density at radius 3 is 2.17 bits per heavy atom. The van der Waals surface area contributed by atoms with Gasteiger partial charge in [-0.15, -0.1) is 4.52 Å². The molecule has 0 bridgehead atoms. The van der Waals surface area contributed by atoms with Crippen LogP contribution < -0.4 is 0 Å². The van der Waals surface area contributed by atoms with Crippen molar-refractivity contribution in [1.29, 1.82) is 0 Å². The van der Waals surface area contributed by atoms with E-state index in [1.165, 1.54) is 0 Å². The SMILES string of the molecule is CCCCO[P+](=O)CCCP(=O)(OCC)OCC. The minimum atomic E-state index is -2.99. The zero-order chi connectivity index (χ0) is 13.9. The summed E-state index contributed by atoms with van der Waals surface area (Å²) in [7, 11) is -4.64. The zero-order valence-corrected chi connectivity index (χ0v) is 13.4. The van der Waals surface area contributed by atoms with Crippen molar-refractivity contribution in [2.45, 2.75) is 40.0 Å². The van der Waals surface area contributed by atoms with E-state index in [2.05, 4.69) is 6.92 Å². The van der Waals surface area contributed by atoms with Crippen molar-refractivity contribution in [2.75, 3.05) is 32.1 Å². The number of unbranched alkanes of at least 4 members (excludes halogenated alkanes) is 1. The van der Waals surface area contributed by atoms with Crippen LogP contribution in [0.25, 0.3) is 0 Å². The maximum atomic E-state index is 12.1. The molecule has 0 aromatic heterocycles. The van der Waals surface area contributed by atoms with Gasteiger partial charge in [0.15, 0.2) is 6.16 Å². The van der Waals surface area contributed by atoms with E-state index in [9.17, 15) is 9.13 Å². The molecule has 7 heteroatoms. The lowest BCUT2D eigenvalue weighted by atomic mass is 10.4. The molecule has 0 N–H and O–H groups in total. The normalized spacial score (nSPS) is 12.7. The molecule has 0 aromatic carbocycles. The molecular weight excluding hydrogens is 274 g/mol. The largest absolute Gasteiger partial charge is 0.508 e. The summed E-state index contributed by atoms with van der Waals surface area (Å²) in [5.74, 6) is 0. The van der Waals surface area contributed by atoms with Gasteiger partial charge in [0.2, 0.25) is 0 Å². The van der Waals surface area contributed by atoms with Crippen molar-refractivity contribution in [1.82, 2.24) is 0 Å². The van der Waals surface area contributed by atoms with Crippen LogP contribution in [0.15, 0.2) is 0 Å². The van der Waals surface area contributed by atoms with Gasteiger partial charge in [-0.05, 0) is 24.8 Å². The van der Waals surface area contributed by atoms with Crippen molar-refractivity contribution >= 4 is 15.6 Å². The van der Waals surface area contributed by atoms with Gasteiger partial charge in [-0.1, -0.05) is 13.3 Å². The molecule has 0 saturated heterocycles. The van der Waals surface area contributed by atoms with E-state index in [0.29, 0.717) is 38.6 Å². The summed E-state index contributed by atoms with van der Waals surface area (Å²) in [5, 5.41) is 0. The second-order valence-corrected chi connectivity index (χ2v) is 7.32. The summed E-state index contributed by atoms with van der Waals surface area (Å²) < 4.78 is 39.0. The molecule has 5 nitrogen and oxygen atoms in total. The molecule has 0 aliphatic rings. The minimum absolute atomic E-state index is 0.299. The summed E-state index contributed by atoms with van der Waals surface area (Å²) >= 11 is 0. The van der Waals surface area contributed by atoms with Gasteiger partial charge < -0.3 is 9.05 Å². The molecule has 1 unspecified atom stereocenters. The maximum absolute atomic E-state index is 12.1. The predicted octanol–water partition coefficient (Wildman–Crippen LogP) is 4.20. The van der Waals surface area contributed by atoms with Crippen LogP contribution in [0, 0.1) is 0 Å². The zero-order valence-electron chi connectivity index (χ0n) is 11.6. The van der Waals surface area contributed by atoms with Gasteiger partial charge in [0.1, 0.15) is 6.61 Å². The highest BCUT2D eigenvalue weighted by Gasteiger charge is 2.26. The van der Waals surface area contributed by atoms with E-state index in [1.54, 1.807) is 13.8 Å². The average Bonchev–Trinajstić information content (AvgIpc) is 2.30. The lowest BCUT2D eigenvalue weighted by Gasteiger charge is -2.15. The average molecular weight is 299 g/mol. The third-order valence-corrected chi connectivity index (χ3v) is 5.48. The molecule has 0 radical (unpaired) electrons. The first-order valence-corrected chi connectivity index (χ1v) is 9.62. The van der Waals surface area contributed by atoms with Crippen molar-refractivity contribution in [2.24, 2.45) is 0 Å². The van der Waals surface area contributed by atoms with Gasteiger partial charge in [0.25, 0.3) is 0 Å². The Hall–Kier alpha value is 0.210. The fourth-order valence-corrected chi connectivity index (χ4v) is 4.12. The molecule has 0 saturated carbocycles. The van der Waals surface area contributed by atoms with E-state index in [4.69, 9.17) is 13.6 Å². The van der Waals surface area contributed by atoms with Crippen LogP contribution in [-0.4, -0.2) is 32.1 Å². The molecule has 0 spiro atoms. The lowest BCUT2D eigenvalue weighted by molar-refractivity contribution is 0.220. The first kappa shape index (κ1) is 18.2. The maximum Gasteiger partial charge on any atom is 0.508 e. The number of hydrogen-bond acceptors (Lipinski definition) is 5.